The minimum Gasteiger partial charge on any atom is -0.443 e. The number of benzene rings is 5. The third-order valence-corrected chi connectivity index (χ3v) is 14.1. The first-order valence-corrected chi connectivity index (χ1v) is 24.9. The Balaban J connectivity index is 1.20. The molecule has 1 aliphatic rings. The second kappa shape index (κ2) is 22.6. The Morgan fingerprint density at radius 2 is 1.44 bits per heavy atom. The van der Waals surface area contributed by atoms with Gasteiger partial charge in [-0.1, -0.05) is 115 Å². The maximum absolute atomic E-state index is 14.6. The first-order valence-electron chi connectivity index (χ1n) is 22.6. The van der Waals surface area contributed by atoms with Crippen LogP contribution in [-0.4, -0.2) is 70.8 Å². The van der Waals surface area contributed by atoms with E-state index in [0.717, 1.165) is 17.5 Å². The molecule has 66 heavy (non-hydrogen) atoms. The van der Waals surface area contributed by atoms with Crippen molar-refractivity contribution in [3.05, 3.63) is 203 Å². The van der Waals surface area contributed by atoms with E-state index in [1.807, 2.05) is 75.2 Å². The highest BCUT2D eigenvalue weighted by Gasteiger charge is 2.42. The smallest absolute Gasteiger partial charge is 0.414 e. The molecule has 6 aromatic rings. The molecule has 0 unspecified atom stereocenters. The van der Waals surface area contributed by atoms with Crippen LogP contribution in [0.25, 0.3) is 0 Å². The Hall–Kier alpha value is -5.75. The van der Waals surface area contributed by atoms with Crippen molar-refractivity contribution in [1.82, 2.24) is 15.6 Å². The number of carbonyl (C=O) groups excluding carboxylic acids is 3. The van der Waals surface area contributed by atoms with Gasteiger partial charge >= 0.3 is 6.09 Å². The van der Waals surface area contributed by atoms with Gasteiger partial charge in [0.1, 0.15) is 11.4 Å². The molecule has 0 bridgehead atoms. The Labute approximate surface area is 397 Å². The maximum Gasteiger partial charge on any atom is 0.414 e. The van der Waals surface area contributed by atoms with E-state index in [0.29, 0.717) is 48.5 Å². The van der Waals surface area contributed by atoms with Crippen molar-refractivity contribution in [2.45, 2.75) is 80.6 Å². The van der Waals surface area contributed by atoms with Crippen molar-refractivity contribution in [2.24, 2.45) is 0 Å². The number of hydrogen-bond donors (Lipinski definition) is 2. The SMILES string of the molecule is CSCC[C@H](NC(=O)c1cc(N(C[C@@H]2C[C@H](SC(c3ccccc3)(c3ccccc3)c3ccccc3)CN2)C(=O)OC(C)(C)C)ccc1CCc1ccc(F)cc1)C(=O)Cc1ccccn1. The first kappa shape index (κ1) is 48.2. The average Bonchev–Trinajstić information content (AvgIpc) is 3.78. The fraction of sp³-hybridized carbons (Fsp3) is 0.309. The zero-order valence-electron chi connectivity index (χ0n) is 38.1. The Morgan fingerprint density at radius 3 is 2.02 bits per heavy atom. The van der Waals surface area contributed by atoms with Gasteiger partial charge < -0.3 is 15.4 Å². The summed E-state index contributed by atoms with van der Waals surface area (Å²) in [7, 11) is 0. The Kier molecular flexibility index (Phi) is 16.5. The Morgan fingerprint density at radius 1 is 0.818 bits per heavy atom. The minimum absolute atomic E-state index is 0.0842. The van der Waals surface area contributed by atoms with Gasteiger partial charge in [0.25, 0.3) is 5.91 Å². The third kappa shape index (κ3) is 12.6. The predicted octanol–water partition coefficient (Wildman–Crippen LogP) is 10.9. The predicted molar refractivity (Wildman–Crippen MR) is 268 cm³/mol. The van der Waals surface area contributed by atoms with Gasteiger partial charge in [-0.2, -0.15) is 11.8 Å². The monoisotopic (exact) mass is 922 g/mol. The van der Waals surface area contributed by atoms with Gasteiger partial charge in [-0.25, -0.2) is 9.18 Å². The zero-order chi connectivity index (χ0) is 46.5. The standard InChI is InChI=1S/C55H59FN4O4S2/c1-54(2,3)64-53(63)60(38-46-34-48(37-58-46)66-55(41-16-8-5-9-17-41,42-18-10-6-11-19-42)43-20-12-7-13-21-43)47-30-27-40(26-23-39-24-28-44(56)29-25-39)49(36-47)52(62)59-50(31-33-65-4)51(61)35-45-22-14-15-32-57-45/h5-22,24-25,27-30,32,36,46,48,50,58H,23,26,31,33-35,37-38H2,1-4H3,(H,59,62)/t46-,48-,50-/m0/s1. The van der Waals surface area contributed by atoms with E-state index in [2.05, 4.69) is 88.4 Å². The van der Waals surface area contributed by atoms with Crippen LogP contribution in [-0.2, 0) is 33.5 Å². The number of ketones is 1. The number of nitrogens with one attached hydrogen (secondary N) is 2. The number of rotatable bonds is 19. The van der Waals surface area contributed by atoms with Crippen LogP contribution in [0, 0.1) is 5.82 Å². The number of amides is 2. The summed E-state index contributed by atoms with van der Waals surface area (Å²) in [5, 5.41) is 6.99. The number of Topliss-reactive ketones (excluding diaryl/α,β-unsaturated/α-hetero) is 1. The molecule has 3 atom stereocenters. The van der Waals surface area contributed by atoms with E-state index in [9.17, 15) is 18.8 Å². The molecular weight excluding hydrogens is 864 g/mol. The van der Waals surface area contributed by atoms with Crippen LogP contribution >= 0.6 is 23.5 Å². The lowest BCUT2D eigenvalue weighted by molar-refractivity contribution is -0.120. The molecule has 1 aromatic heterocycles. The second-order valence-corrected chi connectivity index (χ2v) is 20.2. The summed E-state index contributed by atoms with van der Waals surface area (Å²) in [6.07, 6.45) is 5.40. The number of pyridine rings is 1. The number of nitrogens with zero attached hydrogens (tertiary/aromatic N) is 2. The van der Waals surface area contributed by atoms with Gasteiger partial charge in [0.15, 0.2) is 5.78 Å². The molecule has 2 N–H and O–H groups in total. The third-order valence-electron chi connectivity index (χ3n) is 11.7. The molecule has 11 heteroatoms. The van der Waals surface area contributed by atoms with Gasteiger partial charge in [0.05, 0.1) is 17.2 Å². The molecule has 2 heterocycles. The van der Waals surface area contributed by atoms with Crippen molar-refractivity contribution >= 4 is 47.0 Å². The molecule has 1 fully saturated rings. The number of ether oxygens (including phenoxy) is 1. The number of anilines is 1. The molecule has 0 radical (unpaired) electrons. The summed E-state index contributed by atoms with van der Waals surface area (Å²) in [6, 6.07) is 48.4. The van der Waals surface area contributed by atoms with Crippen LogP contribution in [0.4, 0.5) is 14.9 Å². The van der Waals surface area contributed by atoms with Crippen LogP contribution in [0.15, 0.2) is 158 Å². The van der Waals surface area contributed by atoms with E-state index in [1.165, 1.54) is 28.8 Å². The van der Waals surface area contributed by atoms with E-state index < -0.39 is 28.4 Å². The summed E-state index contributed by atoms with van der Waals surface area (Å²) >= 11 is 3.53. The number of halogens is 1. The molecule has 2 amide bonds. The van der Waals surface area contributed by atoms with E-state index in [4.69, 9.17) is 4.74 Å². The number of thioether (sulfide) groups is 2. The molecule has 342 valence electrons. The number of hydrogen-bond acceptors (Lipinski definition) is 8. The highest BCUT2D eigenvalue weighted by atomic mass is 32.2. The van der Waals surface area contributed by atoms with Crippen molar-refractivity contribution < 1.29 is 23.5 Å². The van der Waals surface area contributed by atoms with Crippen molar-refractivity contribution in [1.29, 1.82) is 0 Å². The van der Waals surface area contributed by atoms with Crippen molar-refractivity contribution in [2.75, 3.05) is 30.0 Å². The lowest BCUT2D eigenvalue weighted by Crippen LogP contribution is -2.44. The van der Waals surface area contributed by atoms with E-state index in [1.54, 1.807) is 53.2 Å². The lowest BCUT2D eigenvalue weighted by Gasteiger charge is -2.37. The van der Waals surface area contributed by atoms with Crippen LogP contribution in [0.3, 0.4) is 0 Å². The van der Waals surface area contributed by atoms with Crippen LogP contribution < -0.4 is 15.5 Å². The molecular formula is C55H59FN4O4S2. The zero-order valence-corrected chi connectivity index (χ0v) is 39.8. The largest absolute Gasteiger partial charge is 0.443 e. The summed E-state index contributed by atoms with van der Waals surface area (Å²) in [6.45, 7) is 6.53. The van der Waals surface area contributed by atoms with Gasteiger partial charge in [0, 0.05) is 47.5 Å². The molecule has 1 aliphatic heterocycles. The van der Waals surface area contributed by atoms with E-state index >= 15 is 0 Å². The van der Waals surface area contributed by atoms with Gasteiger partial charge in [-0.15, -0.1) is 11.8 Å². The maximum atomic E-state index is 14.6. The second-order valence-electron chi connectivity index (χ2n) is 17.7. The highest BCUT2D eigenvalue weighted by molar-refractivity contribution is 8.01. The molecule has 5 aromatic carbocycles. The summed E-state index contributed by atoms with van der Waals surface area (Å²) < 4.78 is 19.4. The van der Waals surface area contributed by atoms with E-state index in [-0.39, 0.29) is 35.9 Å². The summed E-state index contributed by atoms with van der Waals surface area (Å²) in [4.78, 5) is 48.7. The molecule has 1 saturated heterocycles. The number of aryl methyl sites for hydroxylation is 2. The van der Waals surface area contributed by atoms with Gasteiger partial charge in [0.2, 0.25) is 0 Å². The highest BCUT2D eigenvalue weighted by Crippen LogP contribution is 2.51. The molecule has 7 rings (SSSR count). The molecule has 0 aliphatic carbocycles. The average molecular weight is 923 g/mol. The topological polar surface area (TPSA) is 101 Å². The van der Waals surface area contributed by atoms with Crippen LogP contribution in [0.1, 0.15) is 77.5 Å². The molecule has 8 nitrogen and oxygen atoms in total. The normalized spacial score (nSPS) is 15.5. The number of aromatic nitrogens is 1. The molecule has 0 spiro atoms. The summed E-state index contributed by atoms with van der Waals surface area (Å²) in [5.74, 6) is -0.197. The lowest BCUT2D eigenvalue weighted by atomic mass is 9.84. The minimum atomic E-state index is -0.786. The number of carbonyl (C=O) groups is 3. The van der Waals surface area contributed by atoms with Crippen molar-refractivity contribution in [3.63, 3.8) is 0 Å². The van der Waals surface area contributed by atoms with Crippen LogP contribution in [0.5, 0.6) is 0 Å². The van der Waals surface area contributed by atoms with Crippen LogP contribution in [0.2, 0.25) is 0 Å². The van der Waals surface area contributed by atoms with Gasteiger partial charge in [-0.3, -0.25) is 19.5 Å². The quantitative estimate of drug-likeness (QED) is 0.0775. The first-order chi connectivity index (χ1) is 31.9. The molecule has 0 saturated carbocycles. The van der Waals surface area contributed by atoms with Gasteiger partial charge in [-0.05, 0) is 123 Å². The van der Waals surface area contributed by atoms with Crippen molar-refractivity contribution in [3.8, 4) is 0 Å². The fourth-order valence-corrected chi connectivity index (χ4v) is 10.8. The Bertz CT molecular complexity index is 2410. The summed E-state index contributed by atoms with van der Waals surface area (Å²) in [5.41, 5.74) is 5.92. The fourth-order valence-electron chi connectivity index (χ4n) is 8.49.